The molecular formula is C19H17N5O3. The molecule has 3 aromatic heterocycles. The summed E-state index contributed by atoms with van der Waals surface area (Å²) in [6.45, 7) is 2.34. The number of amides is 1. The summed E-state index contributed by atoms with van der Waals surface area (Å²) in [4.78, 5) is 16.9. The second kappa shape index (κ2) is 7.28. The van der Waals surface area contributed by atoms with E-state index in [4.69, 9.17) is 4.74 Å². The van der Waals surface area contributed by atoms with Crippen molar-refractivity contribution in [1.82, 2.24) is 25.0 Å². The summed E-state index contributed by atoms with van der Waals surface area (Å²) in [5.41, 5.74) is 3.78. The molecule has 27 heavy (non-hydrogen) atoms. The maximum atomic E-state index is 12.3. The van der Waals surface area contributed by atoms with Gasteiger partial charge in [-0.15, -0.1) is 0 Å². The molecule has 0 spiro atoms. The lowest BCUT2D eigenvalue weighted by Crippen LogP contribution is -2.28. The molecule has 1 N–H and O–H groups in total. The largest absolute Gasteiger partial charge is 0.472 e. The van der Waals surface area contributed by atoms with E-state index in [0.717, 1.165) is 16.9 Å². The van der Waals surface area contributed by atoms with Gasteiger partial charge < -0.3 is 14.5 Å². The summed E-state index contributed by atoms with van der Waals surface area (Å²) in [6, 6.07) is 13.5. The number of carbonyl (C=O) groups is 1. The number of hydrogen-bond acceptors (Lipinski definition) is 6. The molecular weight excluding hydrogens is 346 g/mol. The smallest absolute Gasteiger partial charge is 0.278 e. The van der Waals surface area contributed by atoms with E-state index in [1.54, 1.807) is 19.2 Å². The number of benzene rings is 1. The Morgan fingerprint density at radius 2 is 2.00 bits per heavy atom. The molecule has 0 saturated carbocycles. The zero-order chi connectivity index (χ0) is 18.6. The van der Waals surface area contributed by atoms with Crippen LogP contribution in [0.15, 0.2) is 59.5 Å². The second-order valence-electron chi connectivity index (χ2n) is 5.93. The molecule has 0 bridgehead atoms. The van der Waals surface area contributed by atoms with Crippen LogP contribution < -0.4 is 10.1 Å². The minimum Gasteiger partial charge on any atom is -0.472 e. The molecule has 0 atom stereocenters. The molecule has 0 unspecified atom stereocenters. The molecule has 0 aliphatic heterocycles. The van der Waals surface area contributed by atoms with Crippen LogP contribution in [0.25, 0.3) is 16.9 Å². The van der Waals surface area contributed by atoms with E-state index in [9.17, 15) is 4.79 Å². The van der Waals surface area contributed by atoms with E-state index < -0.39 is 0 Å². The van der Waals surface area contributed by atoms with Crippen LogP contribution in [0.4, 0.5) is 0 Å². The van der Waals surface area contributed by atoms with Crippen molar-refractivity contribution in [1.29, 1.82) is 0 Å². The van der Waals surface area contributed by atoms with Crippen molar-refractivity contribution < 1.29 is 14.2 Å². The van der Waals surface area contributed by atoms with Gasteiger partial charge in [-0.2, -0.15) is 0 Å². The average molecular weight is 363 g/mol. The van der Waals surface area contributed by atoms with Gasteiger partial charge in [0.05, 0.1) is 17.8 Å². The van der Waals surface area contributed by atoms with Crippen molar-refractivity contribution in [3.05, 3.63) is 66.1 Å². The highest BCUT2D eigenvalue weighted by atomic mass is 16.6. The molecule has 136 valence electrons. The first kappa shape index (κ1) is 16.8. The lowest BCUT2D eigenvalue weighted by Gasteiger charge is -2.06. The number of nitrogens with one attached hydrogen (secondary N) is 1. The quantitative estimate of drug-likeness (QED) is 0.529. The van der Waals surface area contributed by atoms with E-state index >= 15 is 0 Å². The van der Waals surface area contributed by atoms with Gasteiger partial charge in [-0.1, -0.05) is 35.5 Å². The van der Waals surface area contributed by atoms with Gasteiger partial charge in [0.2, 0.25) is 0 Å². The molecule has 0 fully saturated rings. The van der Waals surface area contributed by atoms with Gasteiger partial charge >= 0.3 is 0 Å². The van der Waals surface area contributed by atoms with Crippen LogP contribution in [0.3, 0.4) is 0 Å². The zero-order valence-corrected chi connectivity index (χ0v) is 14.6. The molecule has 1 amide bonds. The average Bonchev–Trinajstić information content (AvgIpc) is 3.31. The van der Waals surface area contributed by atoms with Gasteiger partial charge in [-0.25, -0.2) is 9.61 Å². The monoisotopic (exact) mass is 363 g/mol. The number of hydrogen-bond donors (Lipinski definition) is 1. The third-order valence-corrected chi connectivity index (χ3v) is 4.02. The van der Waals surface area contributed by atoms with Crippen LogP contribution in [0, 0.1) is 6.92 Å². The summed E-state index contributed by atoms with van der Waals surface area (Å²) in [5.74, 6) is 0.142. The summed E-state index contributed by atoms with van der Waals surface area (Å²) >= 11 is 0. The van der Waals surface area contributed by atoms with Gasteiger partial charge in [0.15, 0.2) is 0 Å². The van der Waals surface area contributed by atoms with Crippen molar-refractivity contribution >= 4 is 11.6 Å². The minimum absolute atomic E-state index is 0.189. The molecule has 0 saturated heterocycles. The summed E-state index contributed by atoms with van der Waals surface area (Å²) in [7, 11) is 0. The van der Waals surface area contributed by atoms with Crippen molar-refractivity contribution in [2.75, 3.05) is 13.2 Å². The van der Waals surface area contributed by atoms with E-state index in [-0.39, 0.29) is 12.5 Å². The molecule has 0 aliphatic carbocycles. The fourth-order valence-corrected chi connectivity index (χ4v) is 2.64. The number of nitrogens with zero attached hydrogens (tertiary/aromatic N) is 4. The van der Waals surface area contributed by atoms with Crippen molar-refractivity contribution in [2.24, 2.45) is 0 Å². The number of pyridine rings is 1. The number of imidazole rings is 1. The fraction of sp³-hybridized carbons (Fsp3) is 0.158. The second-order valence-corrected chi connectivity index (χ2v) is 5.93. The van der Waals surface area contributed by atoms with E-state index in [1.807, 2.05) is 47.0 Å². The maximum Gasteiger partial charge on any atom is 0.278 e. The predicted molar refractivity (Wildman–Crippen MR) is 97.5 cm³/mol. The first-order valence-corrected chi connectivity index (χ1v) is 8.45. The molecule has 4 rings (SSSR count). The number of ether oxygens (including phenoxy) is 1. The molecule has 8 heteroatoms. The van der Waals surface area contributed by atoms with E-state index in [1.165, 1.54) is 0 Å². The van der Waals surface area contributed by atoms with Crippen molar-refractivity contribution in [2.45, 2.75) is 6.92 Å². The maximum absolute atomic E-state index is 12.3. The Morgan fingerprint density at radius 3 is 2.78 bits per heavy atom. The van der Waals surface area contributed by atoms with Crippen LogP contribution in [-0.4, -0.2) is 38.8 Å². The van der Waals surface area contributed by atoms with E-state index in [2.05, 4.69) is 25.2 Å². The standard InChI is InChI=1S/C19H17N5O3/c1-13-19(23-27-22-13)26-10-9-20-18(25)15-7-8-17-21-16(12-24(17)11-15)14-5-3-2-4-6-14/h2-8,11-12H,9-10H2,1H3,(H,20,25). The number of fused-ring (bicyclic) bond motifs is 1. The highest BCUT2D eigenvalue weighted by Crippen LogP contribution is 2.19. The number of aryl methyl sites for hydroxylation is 1. The Morgan fingerprint density at radius 1 is 1.15 bits per heavy atom. The summed E-state index contributed by atoms with van der Waals surface area (Å²) in [5, 5.41) is 10.1. The van der Waals surface area contributed by atoms with Crippen LogP contribution >= 0.6 is 0 Å². The topological polar surface area (TPSA) is 94.5 Å². The normalized spacial score (nSPS) is 10.9. The molecule has 3 heterocycles. The Balaban J connectivity index is 1.40. The number of rotatable bonds is 6. The third kappa shape index (κ3) is 3.64. The van der Waals surface area contributed by atoms with Crippen molar-refractivity contribution in [3.8, 4) is 17.1 Å². The lowest BCUT2D eigenvalue weighted by molar-refractivity contribution is 0.0945. The lowest BCUT2D eigenvalue weighted by atomic mass is 10.2. The Kier molecular flexibility index (Phi) is 4.52. The Hall–Kier alpha value is -3.68. The SMILES string of the molecule is Cc1nonc1OCCNC(=O)c1ccc2nc(-c3ccccc3)cn2c1. The highest BCUT2D eigenvalue weighted by Gasteiger charge is 2.10. The van der Waals surface area contributed by atoms with Gasteiger partial charge in [0.25, 0.3) is 11.8 Å². The summed E-state index contributed by atoms with van der Waals surface area (Å²) in [6.07, 6.45) is 3.67. The highest BCUT2D eigenvalue weighted by molar-refractivity contribution is 5.94. The van der Waals surface area contributed by atoms with Crippen LogP contribution in [0.1, 0.15) is 16.1 Å². The number of aromatic nitrogens is 4. The molecule has 4 aromatic rings. The van der Waals surface area contributed by atoms with Gasteiger partial charge in [-0.3, -0.25) is 4.79 Å². The zero-order valence-electron chi connectivity index (χ0n) is 14.6. The third-order valence-electron chi connectivity index (χ3n) is 4.02. The fourth-order valence-electron chi connectivity index (χ4n) is 2.64. The van der Waals surface area contributed by atoms with E-state index in [0.29, 0.717) is 23.7 Å². The van der Waals surface area contributed by atoms with Crippen LogP contribution in [-0.2, 0) is 0 Å². The van der Waals surface area contributed by atoms with Gasteiger partial charge in [0.1, 0.15) is 17.9 Å². The molecule has 1 aromatic carbocycles. The molecule has 0 radical (unpaired) electrons. The molecule has 0 aliphatic rings. The minimum atomic E-state index is -0.189. The first-order valence-electron chi connectivity index (χ1n) is 8.45. The predicted octanol–water partition coefficient (Wildman–Crippen LogP) is 2.50. The number of carbonyl (C=O) groups excluding carboxylic acids is 1. The Bertz CT molecular complexity index is 1070. The molecule has 8 nitrogen and oxygen atoms in total. The summed E-state index contributed by atoms with van der Waals surface area (Å²) < 4.78 is 11.8. The first-order chi connectivity index (χ1) is 13.2. The van der Waals surface area contributed by atoms with Crippen molar-refractivity contribution in [3.63, 3.8) is 0 Å². The Labute approximate surface area is 154 Å². The van der Waals surface area contributed by atoms with Gasteiger partial charge in [0, 0.05) is 18.0 Å². The van der Waals surface area contributed by atoms with Crippen LogP contribution in [0.5, 0.6) is 5.88 Å². The van der Waals surface area contributed by atoms with Gasteiger partial charge in [-0.05, 0) is 24.2 Å². The van der Waals surface area contributed by atoms with Crippen LogP contribution in [0.2, 0.25) is 0 Å².